The molecule has 0 spiro atoms. The molecule has 0 heterocycles. The number of allylic oxidation sites excluding steroid dienone is 1. The molecule has 0 bridgehead atoms. The summed E-state index contributed by atoms with van der Waals surface area (Å²) in [5.41, 5.74) is 2.20. The second kappa shape index (κ2) is 6.96. The molecule has 5 aliphatic carbocycles. The maximum Gasteiger partial charge on any atom is 0.126 e. The van der Waals surface area contributed by atoms with Crippen LogP contribution in [-0.4, -0.2) is 17.5 Å². The zero-order valence-electron chi connectivity index (χ0n) is 21.7. The zero-order chi connectivity index (χ0) is 23.3. The van der Waals surface area contributed by atoms with Crippen molar-refractivity contribution in [2.24, 2.45) is 56.7 Å². The van der Waals surface area contributed by atoms with Crippen LogP contribution in [0.4, 0.5) is 0 Å². The zero-order valence-corrected chi connectivity index (χ0v) is 21.7. The summed E-state index contributed by atoms with van der Waals surface area (Å²) in [5, 5.41) is 10.9. The smallest absolute Gasteiger partial charge is 0.126 e. The lowest BCUT2D eigenvalue weighted by Crippen LogP contribution is -2.66. The average molecular weight is 441 g/mol. The average Bonchev–Trinajstić information content (AvgIpc) is 3.12. The van der Waals surface area contributed by atoms with Gasteiger partial charge in [0.1, 0.15) is 6.29 Å². The van der Waals surface area contributed by atoms with Gasteiger partial charge in [-0.2, -0.15) is 0 Å². The number of rotatable bonds is 2. The summed E-state index contributed by atoms with van der Waals surface area (Å²) in [6.07, 6.45) is 13.1. The number of carbonyl (C=O) groups excluding carboxylic acids is 1. The highest BCUT2D eigenvalue weighted by atomic mass is 16.3. The van der Waals surface area contributed by atoms with Gasteiger partial charge in [0.2, 0.25) is 0 Å². The van der Waals surface area contributed by atoms with Gasteiger partial charge in [-0.3, -0.25) is 0 Å². The first-order chi connectivity index (χ1) is 14.9. The Morgan fingerprint density at radius 3 is 2.22 bits per heavy atom. The van der Waals surface area contributed by atoms with E-state index in [1.807, 2.05) is 0 Å². The highest BCUT2D eigenvalue weighted by Gasteiger charge is 2.70. The van der Waals surface area contributed by atoms with Crippen molar-refractivity contribution in [2.45, 2.75) is 112 Å². The van der Waals surface area contributed by atoms with Crippen LogP contribution in [0.1, 0.15) is 106 Å². The highest BCUT2D eigenvalue weighted by molar-refractivity contribution is 5.62. The Labute approximate surface area is 197 Å². The van der Waals surface area contributed by atoms with Gasteiger partial charge in [0.05, 0.1) is 6.10 Å². The van der Waals surface area contributed by atoms with Crippen molar-refractivity contribution in [1.29, 1.82) is 0 Å². The molecule has 1 N–H and O–H groups in total. The van der Waals surface area contributed by atoms with E-state index in [0.29, 0.717) is 39.9 Å². The summed E-state index contributed by atoms with van der Waals surface area (Å²) in [4.78, 5) is 12.6. The van der Waals surface area contributed by atoms with Crippen LogP contribution in [0.25, 0.3) is 0 Å². The molecule has 0 aromatic heterocycles. The van der Waals surface area contributed by atoms with Gasteiger partial charge in [-0.05, 0) is 122 Å². The van der Waals surface area contributed by atoms with Gasteiger partial charge < -0.3 is 9.90 Å². The number of fused-ring (bicyclic) bond motifs is 7. The Kier molecular flexibility index (Phi) is 5.03. The van der Waals surface area contributed by atoms with Gasteiger partial charge in [0, 0.05) is 5.41 Å². The van der Waals surface area contributed by atoms with Crippen LogP contribution in [0.5, 0.6) is 0 Å². The fraction of sp³-hybridized carbons (Fsp3) is 0.900. The summed E-state index contributed by atoms with van der Waals surface area (Å²) >= 11 is 0. The van der Waals surface area contributed by atoms with E-state index in [1.165, 1.54) is 50.4 Å². The lowest BCUT2D eigenvalue weighted by Gasteiger charge is -2.72. The maximum atomic E-state index is 12.6. The molecule has 2 nitrogen and oxygen atoms in total. The second-order valence-electron chi connectivity index (χ2n) is 14.4. The molecule has 32 heavy (non-hydrogen) atoms. The molecule has 5 saturated carbocycles. The van der Waals surface area contributed by atoms with Crippen LogP contribution in [-0.2, 0) is 4.79 Å². The Bertz CT molecular complexity index is 814. The van der Waals surface area contributed by atoms with E-state index in [4.69, 9.17) is 0 Å². The van der Waals surface area contributed by atoms with E-state index < -0.39 is 0 Å². The molecular weight excluding hydrogens is 392 g/mol. The minimum Gasteiger partial charge on any atom is -0.393 e. The molecule has 0 aromatic carbocycles. The summed E-state index contributed by atoms with van der Waals surface area (Å²) in [7, 11) is 0. The fourth-order valence-corrected chi connectivity index (χ4v) is 11.4. The van der Waals surface area contributed by atoms with Crippen molar-refractivity contribution < 1.29 is 9.90 Å². The molecule has 10 atom stereocenters. The predicted molar refractivity (Wildman–Crippen MR) is 131 cm³/mol. The number of hydrogen-bond donors (Lipinski definition) is 1. The molecule has 0 aromatic rings. The quantitative estimate of drug-likeness (QED) is 0.364. The molecule has 180 valence electrons. The monoisotopic (exact) mass is 440 g/mol. The van der Waals surface area contributed by atoms with Gasteiger partial charge >= 0.3 is 0 Å². The van der Waals surface area contributed by atoms with Crippen molar-refractivity contribution in [3.05, 3.63) is 12.2 Å². The van der Waals surface area contributed by atoms with E-state index in [1.54, 1.807) is 0 Å². The molecule has 2 heteroatoms. The topological polar surface area (TPSA) is 37.3 Å². The van der Waals surface area contributed by atoms with Crippen molar-refractivity contribution in [3.8, 4) is 0 Å². The minimum absolute atomic E-state index is 0.0157. The Balaban J connectivity index is 1.56. The Morgan fingerprint density at radius 2 is 1.56 bits per heavy atom. The first-order valence-electron chi connectivity index (χ1n) is 13.7. The molecule has 5 rings (SSSR count). The van der Waals surface area contributed by atoms with Crippen molar-refractivity contribution in [1.82, 2.24) is 0 Å². The van der Waals surface area contributed by atoms with Crippen LogP contribution >= 0.6 is 0 Å². The fourth-order valence-electron chi connectivity index (χ4n) is 11.4. The van der Waals surface area contributed by atoms with Crippen molar-refractivity contribution in [2.75, 3.05) is 0 Å². The first-order valence-corrected chi connectivity index (χ1v) is 13.7. The summed E-state index contributed by atoms with van der Waals surface area (Å²) < 4.78 is 0. The third kappa shape index (κ3) is 2.60. The van der Waals surface area contributed by atoms with Gasteiger partial charge in [-0.15, -0.1) is 0 Å². The summed E-state index contributed by atoms with van der Waals surface area (Å²) in [6.45, 7) is 19.2. The number of aliphatic hydroxyl groups excluding tert-OH is 1. The Hall–Kier alpha value is -0.630. The minimum atomic E-state index is -0.158. The molecule has 0 aliphatic heterocycles. The highest BCUT2D eigenvalue weighted by Crippen LogP contribution is 2.77. The lowest BCUT2D eigenvalue weighted by atomic mass is 9.32. The molecule has 5 fully saturated rings. The van der Waals surface area contributed by atoms with E-state index in [0.717, 1.165) is 31.6 Å². The normalized spacial score (nSPS) is 56.3. The molecule has 0 amide bonds. The van der Waals surface area contributed by atoms with Crippen LogP contribution in [0, 0.1) is 56.7 Å². The standard InChI is InChI=1S/C30H48O2/c1-19(2)20-10-15-30(18-31)17-16-28(6)21(25(20)30)8-9-23-27(5)13-12-24(32)26(3,4)22(27)11-14-29(23,28)7/h18,20-25,32H,1,8-17H2,2-7H3/t20-,21-,22+,23+,24+,25+,27+,28-,29+,30+/m1/s1. The van der Waals surface area contributed by atoms with Gasteiger partial charge in [-0.25, -0.2) is 0 Å². The van der Waals surface area contributed by atoms with Crippen LogP contribution in [0.2, 0.25) is 0 Å². The van der Waals surface area contributed by atoms with Crippen molar-refractivity contribution >= 4 is 6.29 Å². The van der Waals surface area contributed by atoms with Crippen LogP contribution < -0.4 is 0 Å². The van der Waals surface area contributed by atoms with Gasteiger partial charge in [-0.1, -0.05) is 46.8 Å². The molecule has 0 radical (unpaired) electrons. The third-order valence-electron chi connectivity index (χ3n) is 13.3. The Morgan fingerprint density at radius 1 is 0.844 bits per heavy atom. The number of carbonyl (C=O) groups is 1. The summed E-state index contributed by atoms with van der Waals surface area (Å²) in [5.74, 6) is 3.03. The largest absolute Gasteiger partial charge is 0.393 e. The van der Waals surface area contributed by atoms with Crippen LogP contribution in [0.3, 0.4) is 0 Å². The number of hydrogen-bond acceptors (Lipinski definition) is 2. The van der Waals surface area contributed by atoms with Crippen molar-refractivity contribution in [3.63, 3.8) is 0 Å². The van der Waals surface area contributed by atoms with E-state index in [-0.39, 0.29) is 16.9 Å². The second-order valence-corrected chi connectivity index (χ2v) is 14.4. The van der Waals surface area contributed by atoms with E-state index >= 15 is 0 Å². The number of aldehydes is 1. The van der Waals surface area contributed by atoms with Gasteiger partial charge in [0.25, 0.3) is 0 Å². The lowest BCUT2D eigenvalue weighted by molar-refractivity contribution is -0.245. The molecule has 0 unspecified atom stereocenters. The molecule has 5 aliphatic rings. The molecule has 0 saturated heterocycles. The maximum absolute atomic E-state index is 12.6. The predicted octanol–water partition coefficient (Wildman–Crippen LogP) is 7.20. The first kappa shape index (κ1) is 23.1. The van der Waals surface area contributed by atoms with Gasteiger partial charge in [0.15, 0.2) is 0 Å². The third-order valence-corrected chi connectivity index (χ3v) is 13.3. The van der Waals surface area contributed by atoms with E-state index in [2.05, 4.69) is 48.1 Å². The van der Waals surface area contributed by atoms with Crippen LogP contribution in [0.15, 0.2) is 12.2 Å². The van der Waals surface area contributed by atoms with E-state index in [9.17, 15) is 9.90 Å². The number of aliphatic hydroxyl groups is 1. The SMILES string of the molecule is C=C(C)[C@H]1CC[C@@]2(C=O)CC[C@]3(C)[C@H](CC[C@H]4[C@@]5(C)CC[C@H](O)C(C)(C)[C@@H]5CC[C@@]43C)[C@H]12. The summed E-state index contributed by atoms with van der Waals surface area (Å²) in [6, 6.07) is 0. The molecular formula is C30H48O2.